The highest BCUT2D eigenvalue weighted by molar-refractivity contribution is 7.98. The molecule has 4 heteroatoms. The monoisotopic (exact) mass is 266 g/mol. The van der Waals surface area contributed by atoms with Crippen LogP contribution in [0.4, 0.5) is 0 Å². The van der Waals surface area contributed by atoms with Crippen molar-refractivity contribution in [3.8, 4) is 0 Å². The molecule has 0 spiro atoms. The lowest BCUT2D eigenvalue weighted by Crippen LogP contribution is -2.16. The topological polar surface area (TPSA) is 55.1 Å². The van der Waals surface area contributed by atoms with Crippen molar-refractivity contribution in [3.63, 3.8) is 0 Å². The van der Waals surface area contributed by atoms with E-state index < -0.39 is 0 Å². The predicted molar refractivity (Wildman–Crippen MR) is 79.0 cm³/mol. The molecular formula is C14H22N2OS. The maximum atomic E-state index is 11.0. The zero-order chi connectivity index (χ0) is 13.4. The Morgan fingerprint density at radius 2 is 2.17 bits per heavy atom. The molecule has 0 saturated carbocycles. The first-order chi connectivity index (χ1) is 8.65. The Labute approximate surface area is 114 Å². The van der Waals surface area contributed by atoms with Crippen molar-refractivity contribution < 1.29 is 4.79 Å². The van der Waals surface area contributed by atoms with Gasteiger partial charge in [0, 0.05) is 12.1 Å². The second kappa shape index (κ2) is 8.16. The van der Waals surface area contributed by atoms with Crippen molar-refractivity contribution in [2.75, 3.05) is 18.6 Å². The van der Waals surface area contributed by atoms with Gasteiger partial charge in [-0.1, -0.05) is 6.07 Å². The minimum Gasteiger partial charge on any atom is -0.366 e. The summed E-state index contributed by atoms with van der Waals surface area (Å²) in [6.07, 6.45) is 4.60. The zero-order valence-corrected chi connectivity index (χ0v) is 12.0. The first-order valence-electron chi connectivity index (χ1n) is 6.24. The fourth-order valence-corrected chi connectivity index (χ4v) is 2.26. The number of unbranched alkanes of at least 4 members (excludes halogenated alkanes) is 1. The van der Waals surface area contributed by atoms with E-state index in [2.05, 4.69) is 11.6 Å². The van der Waals surface area contributed by atoms with Crippen molar-refractivity contribution in [2.45, 2.75) is 26.3 Å². The van der Waals surface area contributed by atoms with Crippen LogP contribution in [-0.4, -0.2) is 24.5 Å². The van der Waals surface area contributed by atoms with Gasteiger partial charge >= 0.3 is 0 Å². The Balaban J connectivity index is 2.36. The molecule has 0 saturated heterocycles. The lowest BCUT2D eigenvalue weighted by atomic mass is 10.0. The Morgan fingerprint density at radius 1 is 1.39 bits per heavy atom. The molecule has 0 fully saturated rings. The largest absolute Gasteiger partial charge is 0.366 e. The second-order valence-corrected chi connectivity index (χ2v) is 5.37. The van der Waals surface area contributed by atoms with E-state index in [0.29, 0.717) is 5.56 Å². The van der Waals surface area contributed by atoms with Gasteiger partial charge in [0.25, 0.3) is 0 Å². The number of carbonyl (C=O) groups excluding carboxylic acids is 1. The van der Waals surface area contributed by atoms with Crippen LogP contribution in [0.15, 0.2) is 18.2 Å². The van der Waals surface area contributed by atoms with Crippen LogP contribution in [0.25, 0.3) is 0 Å². The average molecular weight is 266 g/mol. The third-order valence-electron chi connectivity index (χ3n) is 2.89. The van der Waals surface area contributed by atoms with E-state index in [-0.39, 0.29) is 5.91 Å². The number of carbonyl (C=O) groups is 1. The molecule has 0 heterocycles. The Kier molecular flexibility index (Phi) is 6.83. The van der Waals surface area contributed by atoms with Gasteiger partial charge in [0.05, 0.1) is 0 Å². The molecule has 1 amide bonds. The number of nitrogens with two attached hydrogens (primary N) is 1. The highest BCUT2D eigenvalue weighted by atomic mass is 32.2. The average Bonchev–Trinajstić information content (AvgIpc) is 2.35. The van der Waals surface area contributed by atoms with E-state index >= 15 is 0 Å². The summed E-state index contributed by atoms with van der Waals surface area (Å²) in [5.74, 6) is 0.864. The molecule has 0 aliphatic carbocycles. The molecule has 0 aromatic heterocycles. The minimum absolute atomic E-state index is 0.366. The molecule has 100 valence electrons. The number of nitrogens with one attached hydrogen (secondary N) is 1. The van der Waals surface area contributed by atoms with Gasteiger partial charge in [0.15, 0.2) is 0 Å². The molecule has 0 unspecified atom stereocenters. The number of benzene rings is 1. The third kappa shape index (κ3) is 5.10. The molecule has 0 aliphatic heterocycles. The third-order valence-corrected chi connectivity index (χ3v) is 3.59. The SMILES string of the molecule is CSCCCCNCc1ccc(C(N)=O)cc1C. The Morgan fingerprint density at radius 3 is 2.78 bits per heavy atom. The molecule has 0 radical (unpaired) electrons. The fraction of sp³-hybridized carbons (Fsp3) is 0.500. The molecule has 18 heavy (non-hydrogen) atoms. The summed E-state index contributed by atoms with van der Waals surface area (Å²) in [6.45, 7) is 3.90. The molecule has 3 nitrogen and oxygen atoms in total. The van der Waals surface area contributed by atoms with E-state index in [1.807, 2.05) is 30.8 Å². The first-order valence-corrected chi connectivity index (χ1v) is 7.63. The summed E-state index contributed by atoms with van der Waals surface area (Å²) < 4.78 is 0. The van der Waals surface area contributed by atoms with Gasteiger partial charge in [-0.15, -0.1) is 0 Å². The first kappa shape index (κ1) is 15.1. The molecule has 3 N–H and O–H groups in total. The molecule has 0 bridgehead atoms. The number of rotatable bonds is 8. The second-order valence-electron chi connectivity index (χ2n) is 4.38. The predicted octanol–water partition coefficient (Wildman–Crippen LogP) is 2.33. The summed E-state index contributed by atoms with van der Waals surface area (Å²) in [5.41, 5.74) is 8.16. The van der Waals surface area contributed by atoms with Gasteiger partial charge in [-0.3, -0.25) is 4.79 Å². The summed E-state index contributed by atoms with van der Waals surface area (Å²) >= 11 is 1.89. The summed E-state index contributed by atoms with van der Waals surface area (Å²) in [5, 5.41) is 3.42. The van der Waals surface area contributed by atoms with Gasteiger partial charge < -0.3 is 11.1 Å². The lowest BCUT2D eigenvalue weighted by molar-refractivity contribution is 0.1000. The van der Waals surface area contributed by atoms with Crippen LogP contribution in [0.3, 0.4) is 0 Å². The molecule has 1 rings (SSSR count). The van der Waals surface area contributed by atoms with E-state index in [9.17, 15) is 4.79 Å². The van der Waals surface area contributed by atoms with Crippen LogP contribution >= 0.6 is 11.8 Å². The van der Waals surface area contributed by atoms with Crippen LogP contribution in [0.1, 0.15) is 34.3 Å². The van der Waals surface area contributed by atoms with E-state index in [1.165, 1.54) is 24.2 Å². The van der Waals surface area contributed by atoms with Gasteiger partial charge in [0.2, 0.25) is 5.91 Å². The maximum absolute atomic E-state index is 11.0. The molecular weight excluding hydrogens is 244 g/mol. The number of thioether (sulfide) groups is 1. The number of amides is 1. The molecule has 1 aromatic rings. The highest BCUT2D eigenvalue weighted by Gasteiger charge is 2.03. The minimum atomic E-state index is -0.366. The van der Waals surface area contributed by atoms with Crippen LogP contribution < -0.4 is 11.1 Å². The van der Waals surface area contributed by atoms with E-state index in [4.69, 9.17) is 5.73 Å². The highest BCUT2D eigenvalue weighted by Crippen LogP contribution is 2.10. The van der Waals surface area contributed by atoms with Crippen molar-refractivity contribution in [2.24, 2.45) is 5.73 Å². The van der Waals surface area contributed by atoms with Gasteiger partial charge in [-0.2, -0.15) is 11.8 Å². The standard InChI is InChI=1S/C14H22N2OS/c1-11-9-12(14(15)17)5-6-13(11)10-16-7-3-4-8-18-2/h5-6,9,16H,3-4,7-8,10H2,1-2H3,(H2,15,17). The molecule has 0 atom stereocenters. The fourth-order valence-electron chi connectivity index (χ4n) is 1.77. The number of primary amides is 1. The number of aryl methyl sites for hydroxylation is 1. The van der Waals surface area contributed by atoms with E-state index in [1.54, 1.807) is 6.07 Å². The van der Waals surface area contributed by atoms with Gasteiger partial charge in [0.1, 0.15) is 0 Å². The molecule has 1 aromatic carbocycles. The quantitative estimate of drug-likeness (QED) is 0.710. The van der Waals surface area contributed by atoms with Gasteiger partial charge in [-0.05, 0) is 61.6 Å². The normalized spacial score (nSPS) is 10.6. The van der Waals surface area contributed by atoms with Crippen LogP contribution in [-0.2, 0) is 6.54 Å². The smallest absolute Gasteiger partial charge is 0.248 e. The van der Waals surface area contributed by atoms with Crippen molar-refractivity contribution in [3.05, 3.63) is 34.9 Å². The van der Waals surface area contributed by atoms with Crippen LogP contribution in [0.5, 0.6) is 0 Å². The maximum Gasteiger partial charge on any atom is 0.248 e. The lowest BCUT2D eigenvalue weighted by Gasteiger charge is -2.08. The molecule has 0 aliphatic rings. The Bertz CT molecular complexity index is 393. The zero-order valence-electron chi connectivity index (χ0n) is 11.2. The number of hydrogen-bond acceptors (Lipinski definition) is 3. The van der Waals surface area contributed by atoms with Gasteiger partial charge in [-0.25, -0.2) is 0 Å². The number of hydrogen-bond donors (Lipinski definition) is 2. The summed E-state index contributed by atoms with van der Waals surface area (Å²) in [4.78, 5) is 11.0. The van der Waals surface area contributed by atoms with Crippen LogP contribution in [0.2, 0.25) is 0 Å². The van der Waals surface area contributed by atoms with Crippen molar-refractivity contribution in [1.82, 2.24) is 5.32 Å². The Hall–Kier alpha value is -1.00. The summed E-state index contributed by atoms with van der Waals surface area (Å²) in [7, 11) is 0. The summed E-state index contributed by atoms with van der Waals surface area (Å²) in [6, 6.07) is 5.62. The van der Waals surface area contributed by atoms with Crippen LogP contribution in [0, 0.1) is 6.92 Å². The van der Waals surface area contributed by atoms with Crippen molar-refractivity contribution in [1.29, 1.82) is 0 Å². The van der Waals surface area contributed by atoms with Crippen molar-refractivity contribution >= 4 is 17.7 Å². The van der Waals surface area contributed by atoms with E-state index in [0.717, 1.165) is 18.7 Å².